The maximum Gasteiger partial charge on any atom is 0.186 e. The van der Waals surface area contributed by atoms with Gasteiger partial charge in [-0.15, -0.1) is 0 Å². The molecule has 0 heterocycles. The first kappa shape index (κ1) is 15.0. The first-order valence-corrected chi connectivity index (χ1v) is 7.25. The van der Waals surface area contributed by atoms with Gasteiger partial charge in [0.15, 0.2) is 10.2 Å². The molecule has 1 aromatic rings. The molecule has 0 aliphatic carbocycles. The standard InChI is InChI=1S/C13H14O3S2/c1-9(15)17-8-13(18-10(2)16)12-5-3-11(7-14)4-6-12/h3-7,13H,8H2,1-2H3. The van der Waals surface area contributed by atoms with E-state index in [4.69, 9.17) is 0 Å². The predicted octanol–water partition coefficient (Wildman–Crippen LogP) is 3.10. The summed E-state index contributed by atoms with van der Waals surface area (Å²) in [4.78, 5) is 32.8. The summed E-state index contributed by atoms with van der Waals surface area (Å²) in [6.45, 7) is 3.02. The lowest BCUT2D eigenvalue weighted by Gasteiger charge is -2.14. The number of carbonyl (C=O) groups is 3. The summed E-state index contributed by atoms with van der Waals surface area (Å²) in [5.41, 5.74) is 1.55. The molecule has 3 nitrogen and oxygen atoms in total. The van der Waals surface area contributed by atoms with E-state index in [0.717, 1.165) is 11.8 Å². The Morgan fingerprint density at radius 2 is 1.78 bits per heavy atom. The number of rotatable bonds is 5. The zero-order valence-corrected chi connectivity index (χ0v) is 11.8. The first-order valence-electron chi connectivity index (χ1n) is 5.38. The molecule has 1 aromatic carbocycles. The van der Waals surface area contributed by atoms with Gasteiger partial charge >= 0.3 is 0 Å². The molecule has 0 bridgehead atoms. The lowest BCUT2D eigenvalue weighted by Crippen LogP contribution is -2.02. The molecule has 0 radical (unpaired) electrons. The van der Waals surface area contributed by atoms with Crippen molar-refractivity contribution in [2.75, 3.05) is 5.75 Å². The van der Waals surface area contributed by atoms with Crippen LogP contribution in [-0.2, 0) is 9.59 Å². The molecule has 1 rings (SSSR count). The molecule has 1 atom stereocenters. The topological polar surface area (TPSA) is 51.2 Å². The molecule has 0 fully saturated rings. The van der Waals surface area contributed by atoms with Gasteiger partial charge < -0.3 is 0 Å². The number of hydrogen-bond donors (Lipinski definition) is 0. The second kappa shape index (κ2) is 7.38. The maximum absolute atomic E-state index is 11.2. The molecule has 1 unspecified atom stereocenters. The van der Waals surface area contributed by atoms with Gasteiger partial charge in [0.25, 0.3) is 0 Å². The fraction of sp³-hybridized carbons (Fsp3) is 0.308. The summed E-state index contributed by atoms with van der Waals surface area (Å²) in [5.74, 6) is 0.556. The van der Waals surface area contributed by atoms with Crippen LogP contribution in [-0.4, -0.2) is 22.3 Å². The van der Waals surface area contributed by atoms with E-state index in [0.29, 0.717) is 11.3 Å². The molecule has 5 heteroatoms. The van der Waals surface area contributed by atoms with Crippen LogP contribution in [0, 0.1) is 0 Å². The van der Waals surface area contributed by atoms with Crippen molar-refractivity contribution in [1.29, 1.82) is 0 Å². The molecule has 0 amide bonds. The van der Waals surface area contributed by atoms with Crippen molar-refractivity contribution in [1.82, 2.24) is 0 Å². The third-order valence-corrected chi connectivity index (χ3v) is 4.36. The summed E-state index contributed by atoms with van der Waals surface area (Å²) < 4.78 is 0. The second-order valence-corrected chi connectivity index (χ2v) is 6.26. The van der Waals surface area contributed by atoms with Gasteiger partial charge in [0.05, 0.1) is 0 Å². The van der Waals surface area contributed by atoms with Crippen molar-refractivity contribution in [3.05, 3.63) is 35.4 Å². The normalized spacial score (nSPS) is 11.9. The van der Waals surface area contributed by atoms with Gasteiger partial charge in [0.1, 0.15) is 6.29 Å². The molecular weight excluding hydrogens is 268 g/mol. The molecule has 96 valence electrons. The van der Waals surface area contributed by atoms with Gasteiger partial charge in [0, 0.05) is 30.4 Å². The SMILES string of the molecule is CC(=O)SCC(SC(C)=O)c1ccc(C=O)cc1. The van der Waals surface area contributed by atoms with E-state index in [9.17, 15) is 14.4 Å². The van der Waals surface area contributed by atoms with Crippen LogP contribution in [0.4, 0.5) is 0 Å². The second-order valence-electron chi connectivity index (χ2n) is 3.69. The zero-order valence-electron chi connectivity index (χ0n) is 10.2. The average Bonchev–Trinajstić information content (AvgIpc) is 2.34. The fourth-order valence-electron chi connectivity index (χ4n) is 1.38. The van der Waals surface area contributed by atoms with Crippen LogP contribution >= 0.6 is 23.5 Å². The minimum atomic E-state index is -0.0582. The van der Waals surface area contributed by atoms with Gasteiger partial charge in [-0.3, -0.25) is 14.4 Å². The molecule has 0 N–H and O–H groups in total. The number of benzene rings is 1. The van der Waals surface area contributed by atoms with Crippen LogP contribution in [0.3, 0.4) is 0 Å². The zero-order chi connectivity index (χ0) is 13.5. The third kappa shape index (κ3) is 5.06. The Morgan fingerprint density at radius 3 is 2.22 bits per heavy atom. The van der Waals surface area contributed by atoms with E-state index in [1.165, 1.54) is 37.4 Å². The quantitative estimate of drug-likeness (QED) is 0.777. The van der Waals surface area contributed by atoms with Crippen LogP contribution in [0.25, 0.3) is 0 Å². The first-order chi connectivity index (χ1) is 8.52. The van der Waals surface area contributed by atoms with Crippen LogP contribution < -0.4 is 0 Å². The summed E-state index contributed by atoms with van der Waals surface area (Å²) in [6.07, 6.45) is 0.779. The molecule has 0 saturated heterocycles. The number of thioether (sulfide) groups is 2. The van der Waals surface area contributed by atoms with Crippen molar-refractivity contribution in [3.8, 4) is 0 Å². The van der Waals surface area contributed by atoms with Crippen LogP contribution in [0.1, 0.15) is 35.0 Å². The summed E-state index contributed by atoms with van der Waals surface area (Å²) >= 11 is 2.41. The Kier molecular flexibility index (Phi) is 6.15. The van der Waals surface area contributed by atoms with E-state index in [1.54, 1.807) is 12.1 Å². The van der Waals surface area contributed by atoms with Crippen molar-refractivity contribution >= 4 is 40.0 Å². The maximum atomic E-state index is 11.2. The highest BCUT2D eigenvalue weighted by atomic mass is 32.2. The molecule has 0 aliphatic rings. The highest BCUT2D eigenvalue weighted by molar-refractivity contribution is 8.16. The largest absolute Gasteiger partial charge is 0.298 e. The van der Waals surface area contributed by atoms with Crippen molar-refractivity contribution in [2.45, 2.75) is 19.1 Å². The van der Waals surface area contributed by atoms with Gasteiger partial charge in [-0.05, 0) is 5.56 Å². The van der Waals surface area contributed by atoms with Gasteiger partial charge in [0.2, 0.25) is 0 Å². The van der Waals surface area contributed by atoms with E-state index < -0.39 is 0 Å². The Bertz CT molecular complexity index is 440. The number of carbonyl (C=O) groups excluding carboxylic acids is 3. The van der Waals surface area contributed by atoms with E-state index in [1.807, 2.05) is 12.1 Å². The van der Waals surface area contributed by atoms with Gasteiger partial charge in [-0.1, -0.05) is 47.8 Å². The van der Waals surface area contributed by atoms with Gasteiger partial charge in [-0.2, -0.15) is 0 Å². The monoisotopic (exact) mass is 282 g/mol. The molecule has 18 heavy (non-hydrogen) atoms. The minimum absolute atomic E-state index is 0.0172. The van der Waals surface area contributed by atoms with Crippen LogP contribution in [0.15, 0.2) is 24.3 Å². The number of aldehydes is 1. The average molecular weight is 282 g/mol. The predicted molar refractivity (Wildman–Crippen MR) is 76.0 cm³/mol. The summed E-state index contributed by atoms with van der Waals surface area (Å²) in [7, 11) is 0. The fourth-order valence-corrected chi connectivity index (χ4v) is 3.13. The van der Waals surface area contributed by atoms with Crippen molar-refractivity contribution < 1.29 is 14.4 Å². The van der Waals surface area contributed by atoms with Crippen molar-refractivity contribution in [2.24, 2.45) is 0 Å². The highest BCUT2D eigenvalue weighted by Crippen LogP contribution is 2.32. The molecular formula is C13H14O3S2. The molecule has 0 spiro atoms. The Morgan fingerprint density at radius 1 is 1.17 bits per heavy atom. The molecule has 0 aliphatic heterocycles. The molecule has 0 saturated carbocycles. The van der Waals surface area contributed by atoms with Gasteiger partial charge in [-0.25, -0.2) is 0 Å². The minimum Gasteiger partial charge on any atom is -0.298 e. The lowest BCUT2D eigenvalue weighted by atomic mass is 10.1. The van der Waals surface area contributed by atoms with E-state index in [2.05, 4.69) is 0 Å². The lowest BCUT2D eigenvalue weighted by molar-refractivity contribution is -0.110. The third-order valence-electron chi connectivity index (χ3n) is 2.19. The smallest absolute Gasteiger partial charge is 0.186 e. The Balaban J connectivity index is 2.82. The molecule has 0 aromatic heterocycles. The summed E-state index contributed by atoms with van der Waals surface area (Å²) in [6, 6.07) is 7.08. The van der Waals surface area contributed by atoms with Crippen LogP contribution in [0.5, 0.6) is 0 Å². The van der Waals surface area contributed by atoms with E-state index in [-0.39, 0.29) is 15.5 Å². The Labute approximate surface area is 115 Å². The Hall–Kier alpha value is -1.07. The number of hydrogen-bond acceptors (Lipinski definition) is 5. The van der Waals surface area contributed by atoms with E-state index >= 15 is 0 Å². The highest BCUT2D eigenvalue weighted by Gasteiger charge is 2.15. The summed E-state index contributed by atoms with van der Waals surface area (Å²) in [5, 5.41) is -0.00520. The van der Waals surface area contributed by atoms with Crippen molar-refractivity contribution in [3.63, 3.8) is 0 Å². The van der Waals surface area contributed by atoms with Crippen LogP contribution in [0.2, 0.25) is 0 Å².